The third-order valence-electron chi connectivity index (χ3n) is 2.17. The molecule has 0 bridgehead atoms. The van der Waals surface area contributed by atoms with Gasteiger partial charge in [0.25, 0.3) is 5.91 Å². The number of amides is 1. The van der Waals surface area contributed by atoms with Gasteiger partial charge in [0.1, 0.15) is 18.3 Å². The van der Waals surface area contributed by atoms with E-state index < -0.39 is 11.7 Å². The topological polar surface area (TPSA) is 99.0 Å². The van der Waals surface area contributed by atoms with Crippen molar-refractivity contribution in [2.45, 2.75) is 32.8 Å². The van der Waals surface area contributed by atoms with Gasteiger partial charge in [0.05, 0.1) is 12.1 Å². The van der Waals surface area contributed by atoms with Crippen LogP contribution >= 0.6 is 11.3 Å². The van der Waals surface area contributed by atoms with E-state index in [1.165, 1.54) is 24.0 Å². The Morgan fingerprint density at radius 3 is 2.81 bits per heavy atom. The van der Waals surface area contributed by atoms with Gasteiger partial charge in [0, 0.05) is 5.38 Å². The Hall–Kier alpha value is -2.29. The van der Waals surface area contributed by atoms with Gasteiger partial charge in [-0.25, -0.2) is 14.8 Å². The number of hydrogen-bond donors (Lipinski definition) is 1. The van der Waals surface area contributed by atoms with Crippen molar-refractivity contribution in [2.75, 3.05) is 5.32 Å². The standard InChI is InChI=1S/C12H15N5O3S/c1-12(2,3)20-11(19)16-10-15-8(5-21-10)4-9(18)17-7-13-6-14-17/h5-7H,4H2,1-3H3,(H,15,16,19). The summed E-state index contributed by atoms with van der Waals surface area (Å²) in [5, 5.41) is 8.35. The first-order valence-electron chi connectivity index (χ1n) is 6.16. The number of nitrogens with one attached hydrogen (secondary N) is 1. The second-order valence-electron chi connectivity index (χ2n) is 5.18. The number of anilines is 1. The molecule has 2 heterocycles. The highest BCUT2D eigenvalue weighted by atomic mass is 32.1. The molecule has 0 aliphatic heterocycles. The summed E-state index contributed by atoms with van der Waals surface area (Å²) >= 11 is 1.22. The average molecular weight is 309 g/mol. The minimum Gasteiger partial charge on any atom is -0.444 e. The van der Waals surface area contributed by atoms with Gasteiger partial charge in [-0.05, 0) is 20.8 Å². The maximum Gasteiger partial charge on any atom is 0.413 e. The molecule has 0 saturated heterocycles. The zero-order valence-corrected chi connectivity index (χ0v) is 12.7. The van der Waals surface area contributed by atoms with Crippen LogP contribution in [0.4, 0.5) is 9.93 Å². The highest BCUT2D eigenvalue weighted by molar-refractivity contribution is 7.13. The average Bonchev–Trinajstić information content (AvgIpc) is 2.97. The lowest BCUT2D eigenvalue weighted by molar-refractivity contribution is 0.0635. The molecule has 21 heavy (non-hydrogen) atoms. The van der Waals surface area contributed by atoms with Crippen molar-refractivity contribution in [1.29, 1.82) is 0 Å². The lowest BCUT2D eigenvalue weighted by Gasteiger charge is -2.18. The van der Waals surface area contributed by atoms with Crippen LogP contribution in [0.5, 0.6) is 0 Å². The molecule has 9 heteroatoms. The summed E-state index contributed by atoms with van der Waals surface area (Å²) in [7, 11) is 0. The number of thiazole rings is 1. The van der Waals surface area contributed by atoms with Crippen molar-refractivity contribution in [2.24, 2.45) is 0 Å². The van der Waals surface area contributed by atoms with Crippen LogP contribution in [0.1, 0.15) is 31.3 Å². The Morgan fingerprint density at radius 2 is 2.19 bits per heavy atom. The van der Waals surface area contributed by atoms with Crippen molar-refractivity contribution in [3.63, 3.8) is 0 Å². The maximum atomic E-state index is 11.8. The molecule has 2 rings (SSSR count). The summed E-state index contributed by atoms with van der Waals surface area (Å²) in [5.41, 5.74) is -0.0284. The van der Waals surface area contributed by atoms with Crippen LogP contribution in [0.2, 0.25) is 0 Å². The van der Waals surface area contributed by atoms with Gasteiger partial charge in [0.15, 0.2) is 5.13 Å². The fourth-order valence-corrected chi connectivity index (χ4v) is 2.11. The quantitative estimate of drug-likeness (QED) is 0.930. The van der Waals surface area contributed by atoms with Crippen LogP contribution in [0.3, 0.4) is 0 Å². The molecule has 0 aliphatic carbocycles. The van der Waals surface area contributed by atoms with Crippen LogP contribution in [0.15, 0.2) is 18.0 Å². The lowest BCUT2D eigenvalue weighted by atomic mass is 10.2. The predicted molar refractivity (Wildman–Crippen MR) is 76.3 cm³/mol. The number of carbonyl (C=O) groups excluding carboxylic acids is 2. The normalized spacial score (nSPS) is 11.2. The van der Waals surface area contributed by atoms with Gasteiger partial charge in [-0.15, -0.1) is 11.3 Å². The van der Waals surface area contributed by atoms with Crippen molar-refractivity contribution in [1.82, 2.24) is 19.7 Å². The highest BCUT2D eigenvalue weighted by Crippen LogP contribution is 2.17. The second kappa shape index (κ2) is 6.00. The third kappa shape index (κ3) is 4.63. The first-order chi connectivity index (χ1) is 9.83. The lowest BCUT2D eigenvalue weighted by Crippen LogP contribution is -2.27. The predicted octanol–water partition coefficient (Wildman–Crippen LogP) is 1.96. The molecule has 2 aromatic rings. The molecule has 8 nitrogen and oxygen atoms in total. The van der Waals surface area contributed by atoms with Crippen LogP contribution < -0.4 is 5.32 Å². The zero-order chi connectivity index (χ0) is 15.5. The SMILES string of the molecule is CC(C)(C)OC(=O)Nc1nc(CC(=O)n2cncn2)cs1. The van der Waals surface area contributed by atoms with Crippen molar-refractivity contribution >= 4 is 28.5 Å². The Morgan fingerprint density at radius 1 is 1.43 bits per heavy atom. The van der Waals surface area contributed by atoms with Crippen molar-refractivity contribution < 1.29 is 14.3 Å². The first-order valence-corrected chi connectivity index (χ1v) is 7.04. The van der Waals surface area contributed by atoms with Crippen LogP contribution in [0, 0.1) is 0 Å². The summed E-state index contributed by atoms with van der Waals surface area (Å²) in [6.45, 7) is 5.32. The maximum absolute atomic E-state index is 11.8. The van der Waals surface area contributed by atoms with E-state index in [1.807, 2.05) is 0 Å². The van der Waals surface area contributed by atoms with E-state index in [4.69, 9.17) is 4.74 Å². The fraction of sp³-hybridized carbons (Fsp3) is 0.417. The van der Waals surface area contributed by atoms with Gasteiger partial charge in [-0.3, -0.25) is 10.1 Å². The van der Waals surface area contributed by atoms with E-state index in [1.54, 1.807) is 26.2 Å². The van der Waals surface area contributed by atoms with Crippen LogP contribution in [-0.4, -0.2) is 37.3 Å². The van der Waals surface area contributed by atoms with E-state index in [-0.39, 0.29) is 12.3 Å². The monoisotopic (exact) mass is 309 g/mol. The molecule has 2 aromatic heterocycles. The molecule has 0 unspecified atom stereocenters. The summed E-state index contributed by atoms with van der Waals surface area (Å²) in [6, 6.07) is 0. The molecule has 0 radical (unpaired) electrons. The largest absolute Gasteiger partial charge is 0.444 e. The molecule has 112 valence electrons. The van der Waals surface area contributed by atoms with Crippen LogP contribution in [0.25, 0.3) is 0 Å². The molecule has 0 aliphatic rings. The molecule has 1 amide bonds. The van der Waals surface area contributed by atoms with E-state index in [0.717, 1.165) is 4.68 Å². The molecule has 0 spiro atoms. The number of aromatic nitrogens is 4. The molecule has 0 fully saturated rings. The molecule has 0 aromatic carbocycles. The molecular weight excluding hydrogens is 294 g/mol. The summed E-state index contributed by atoms with van der Waals surface area (Å²) in [4.78, 5) is 31.3. The van der Waals surface area contributed by atoms with Gasteiger partial charge in [-0.1, -0.05) is 0 Å². The summed E-state index contributed by atoms with van der Waals surface area (Å²) in [5.74, 6) is -0.249. The third-order valence-corrected chi connectivity index (χ3v) is 2.97. The van der Waals surface area contributed by atoms with Gasteiger partial charge >= 0.3 is 6.09 Å². The molecule has 0 atom stereocenters. The molecule has 1 N–H and O–H groups in total. The van der Waals surface area contributed by atoms with Crippen molar-refractivity contribution in [3.8, 4) is 0 Å². The van der Waals surface area contributed by atoms with Gasteiger partial charge < -0.3 is 4.74 Å². The minimum atomic E-state index is -0.578. The molecular formula is C12H15N5O3S. The second-order valence-corrected chi connectivity index (χ2v) is 6.04. The summed E-state index contributed by atoms with van der Waals surface area (Å²) in [6.07, 6.45) is 2.12. The highest BCUT2D eigenvalue weighted by Gasteiger charge is 2.17. The number of rotatable bonds is 3. The Kier molecular flexibility index (Phi) is 4.32. The minimum absolute atomic E-state index is 0.0792. The summed E-state index contributed by atoms with van der Waals surface area (Å²) < 4.78 is 6.26. The smallest absolute Gasteiger partial charge is 0.413 e. The van der Waals surface area contributed by atoms with Gasteiger partial charge in [0.2, 0.25) is 0 Å². The van der Waals surface area contributed by atoms with E-state index >= 15 is 0 Å². The van der Waals surface area contributed by atoms with E-state index in [2.05, 4.69) is 20.4 Å². The number of hydrogen-bond acceptors (Lipinski definition) is 7. The Balaban J connectivity index is 1.92. The number of carbonyl (C=O) groups is 2. The number of ether oxygens (including phenoxy) is 1. The van der Waals surface area contributed by atoms with Gasteiger partial charge in [-0.2, -0.15) is 9.78 Å². The zero-order valence-electron chi connectivity index (χ0n) is 11.9. The van der Waals surface area contributed by atoms with E-state index in [0.29, 0.717) is 10.8 Å². The van der Waals surface area contributed by atoms with Crippen LogP contribution in [-0.2, 0) is 11.2 Å². The van der Waals surface area contributed by atoms with E-state index in [9.17, 15) is 9.59 Å². The fourth-order valence-electron chi connectivity index (χ4n) is 1.41. The Bertz CT molecular complexity index is 630. The Labute approximate surface area is 125 Å². The first kappa shape index (κ1) is 15.1. The van der Waals surface area contributed by atoms with Crippen molar-refractivity contribution in [3.05, 3.63) is 23.7 Å². The molecule has 0 saturated carbocycles. The number of nitrogens with zero attached hydrogens (tertiary/aromatic N) is 4.